The highest BCUT2D eigenvalue weighted by molar-refractivity contribution is 7.16. The number of nitrogen functional groups attached to an aromatic ring is 1. The second kappa shape index (κ2) is 5.71. The summed E-state index contributed by atoms with van der Waals surface area (Å²) < 4.78 is 5.04. The Balaban J connectivity index is 2.22. The van der Waals surface area contributed by atoms with Crippen LogP contribution in [0.25, 0.3) is 0 Å². The first kappa shape index (κ1) is 14.0. The number of thiophene rings is 1. The van der Waals surface area contributed by atoms with E-state index >= 15 is 0 Å². The molecule has 1 aliphatic rings. The number of carbonyl (C=O) groups excluding carboxylic acids is 2. The van der Waals surface area contributed by atoms with Crippen LogP contribution in [0.15, 0.2) is 0 Å². The number of carbonyl (C=O) groups is 2. The van der Waals surface area contributed by atoms with E-state index in [1.54, 1.807) is 13.8 Å². The normalized spacial score (nSPS) is 15.1. The predicted molar refractivity (Wildman–Crippen MR) is 74.3 cm³/mol. The first-order chi connectivity index (χ1) is 9.02. The summed E-state index contributed by atoms with van der Waals surface area (Å²) in [5, 5.41) is 0.521. The quantitative estimate of drug-likeness (QED) is 0.846. The molecule has 0 radical (unpaired) electrons. The summed E-state index contributed by atoms with van der Waals surface area (Å²) in [6.45, 7) is 5.62. The number of hydrogen-bond donors (Lipinski definition) is 1. The van der Waals surface area contributed by atoms with E-state index in [2.05, 4.69) is 4.90 Å². The molecule has 0 aliphatic carbocycles. The van der Waals surface area contributed by atoms with Crippen LogP contribution in [0, 0.1) is 0 Å². The van der Waals surface area contributed by atoms with Crippen LogP contribution in [-0.4, -0.2) is 36.3 Å². The molecule has 104 valence electrons. The zero-order chi connectivity index (χ0) is 14.0. The van der Waals surface area contributed by atoms with E-state index in [1.165, 1.54) is 11.3 Å². The van der Waals surface area contributed by atoms with Gasteiger partial charge in [0.2, 0.25) is 0 Å². The minimum absolute atomic E-state index is 0.151. The SMILES string of the molecule is CCOC(=O)c1c(N)sc2c1CCN(CC(C)=O)C2. The largest absolute Gasteiger partial charge is 0.462 e. The Morgan fingerprint density at radius 2 is 2.21 bits per heavy atom. The van der Waals surface area contributed by atoms with E-state index in [1.807, 2.05) is 0 Å². The van der Waals surface area contributed by atoms with Crippen molar-refractivity contribution >= 4 is 28.1 Å². The smallest absolute Gasteiger partial charge is 0.341 e. The van der Waals surface area contributed by atoms with Crippen molar-refractivity contribution in [3.63, 3.8) is 0 Å². The Bertz CT molecular complexity index is 510. The second-order valence-corrected chi connectivity index (χ2v) is 5.76. The zero-order valence-corrected chi connectivity index (χ0v) is 12.0. The highest BCUT2D eigenvalue weighted by Gasteiger charge is 2.27. The average Bonchev–Trinajstić information content (AvgIpc) is 2.63. The fourth-order valence-electron chi connectivity index (χ4n) is 2.35. The molecule has 6 heteroatoms. The zero-order valence-electron chi connectivity index (χ0n) is 11.2. The molecule has 2 rings (SSSR count). The van der Waals surface area contributed by atoms with Gasteiger partial charge >= 0.3 is 5.97 Å². The monoisotopic (exact) mass is 282 g/mol. The summed E-state index contributed by atoms with van der Waals surface area (Å²) in [5.74, 6) is -0.184. The molecule has 0 bridgehead atoms. The van der Waals surface area contributed by atoms with Gasteiger partial charge in [0, 0.05) is 18.0 Å². The number of esters is 1. The minimum Gasteiger partial charge on any atom is -0.462 e. The Kier molecular flexibility index (Phi) is 4.21. The maximum atomic E-state index is 11.9. The van der Waals surface area contributed by atoms with Gasteiger partial charge in [-0.1, -0.05) is 0 Å². The summed E-state index contributed by atoms with van der Waals surface area (Å²) in [6, 6.07) is 0. The summed E-state index contributed by atoms with van der Waals surface area (Å²) in [5.41, 5.74) is 7.46. The van der Waals surface area contributed by atoms with Crippen LogP contribution in [0.4, 0.5) is 5.00 Å². The number of Topliss-reactive ketones (excluding diaryl/α,β-unsaturated/α-hetero) is 1. The van der Waals surface area contributed by atoms with Crippen molar-refractivity contribution in [2.24, 2.45) is 0 Å². The van der Waals surface area contributed by atoms with Crippen LogP contribution in [0.5, 0.6) is 0 Å². The molecule has 0 fully saturated rings. The number of fused-ring (bicyclic) bond motifs is 1. The molecule has 0 atom stereocenters. The third kappa shape index (κ3) is 2.96. The van der Waals surface area contributed by atoms with Gasteiger partial charge in [0.1, 0.15) is 10.8 Å². The van der Waals surface area contributed by atoms with Crippen LogP contribution in [0.2, 0.25) is 0 Å². The molecule has 0 aromatic carbocycles. The fourth-order valence-corrected chi connectivity index (χ4v) is 3.50. The molecule has 0 saturated heterocycles. The van der Waals surface area contributed by atoms with E-state index in [0.717, 1.165) is 23.4 Å². The van der Waals surface area contributed by atoms with E-state index in [9.17, 15) is 9.59 Å². The van der Waals surface area contributed by atoms with Gasteiger partial charge in [0.15, 0.2) is 0 Å². The minimum atomic E-state index is -0.336. The Labute approximate surface area is 116 Å². The van der Waals surface area contributed by atoms with Crippen molar-refractivity contribution in [1.82, 2.24) is 4.90 Å². The lowest BCUT2D eigenvalue weighted by molar-refractivity contribution is -0.118. The molecule has 1 aromatic heterocycles. The molecule has 0 spiro atoms. The van der Waals surface area contributed by atoms with E-state index < -0.39 is 0 Å². The van der Waals surface area contributed by atoms with Crippen molar-refractivity contribution in [2.45, 2.75) is 26.8 Å². The first-order valence-electron chi connectivity index (χ1n) is 6.31. The number of rotatable bonds is 4. The summed E-state index contributed by atoms with van der Waals surface area (Å²) >= 11 is 1.43. The molecule has 2 heterocycles. The van der Waals surface area contributed by atoms with Crippen molar-refractivity contribution in [3.8, 4) is 0 Å². The van der Waals surface area contributed by atoms with Gasteiger partial charge in [-0.2, -0.15) is 0 Å². The lowest BCUT2D eigenvalue weighted by Crippen LogP contribution is -2.33. The number of ether oxygens (including phenoxy) is 1. The molecule has 0 unspecified atom stereocenters. The van der Waals surface area contributed by atoms with Crippen molar-refractivity contribution in [2.75, 3.05) is 25.4 Å². The van der Waals surface area contributed by atoms with E-state index in [4.69, 9.17) is 10.5 Å². The van der Waals surface area contributed by atoms with Crippen molar-refractivity contribution in [1.29, 1.82) is 0 Å². The maximum absolute atomic E-state index is 11.9. The maximum Gasteiger partial charge on any atom is 0.341 e. The second-order valence-electron chi connectivity index (χ2n) is 4.63. The van der Waals surface area contributed by atoms with Crippen LogP contribution < -0.4 is 5.73 Å². The number of ketones is 1. The Hall–Kier alpha value is -1.40. The Morgan fingerprint density at radius 1 is 1.47 bits per heavy atom. The predicted octanol–water partition coefficient (Wildman–Crippen LogP) is 1.45. The van der Waals surface area contributed by atoms with Gasteiger partial charge in [0.25, 0.3) is 0 Å². The molecule has 1 aromatic rings. The Morgan fingerprint density at radius 3 is 2.84 bits per heavy atom. The molecule has 2 N–H and O–H groups in total. The van der Waals surface area contributed by atoms with E-state index in [0.29, 0.717) is 30.3 Å². The van der Waals surface area contributed by atoms with Crippen LogP contribution >= 0.6 is 11.3 Å². The van der Waals surface area contributed by atoms with Crippen LogP contribution in [0.1, 0.15) is 34.6 Å². The van der Waals surface area contributed by atoms with Crippen molar-refractivity contribution in [3.05, 3.63) is 16.0 Å². The van der Waals surface area contributed by atoms with Gasteiger partial charge in [0.05, 0.1) is 18.7 Å². The molecule has 0 saturated carbocycles. The third-order valence-corrected chi connectivity index (χ3v) is 4.13. The lowest BCUT2D eigenvalue weighted by Gasteiger charge is -2.25. The number of hydrogen-bond acceptors (Lipinski definition) is 6. The standard InChI is InChI=1S/C13H18N2O3S/c1-3-18-13(17)11-9-4-5-15(6-8(2)16)7-10(9)19-12(11)14/h3-7,14H2,1-2H3. The highest BCUT2D eigenvalue weighted by atomic mass is 32.1. The molecule has 1 aliphatic heterocycles. The average molecular weight is 282 g/mol. The molecular formula is C13H18N2O3S. The lowest BCUT2D eigenvalue weighted by atomic mass is 10.0. The number of anilines is 1. The number of nitrogens with two attached hydrogens (primary N) is 1. The number of nitrogens with zero attached hydrogens (tertiary/aromatic N) is 1. The van der Waals surface area contributed by atoms with Crippen LogP contribution in [-0.2, 0) is 22.5 Å². The van der Waals surface area contributed by atoms with Crippen molar-refractivity contribution < 1.29 is 14.3 Å². The van der Waals surface area contributed by atoms with Gasteiger partial charge in [-0.05, 0) is 25.8 Å². The van der Waals surface area contributed by atoms with Gasteiger partial charge < -0.3 is 10.5 Å². The first-order valence-corrected chi connectivity index (χ1v) is 7.13. The van der Waals surface area contributed by atoms with Crippen LogP contribution in [0.3, 0.4) is 0 Å². The molecular weight excluding hydrogens is 264 g/mol. The summed E-state index contributed by atoms with van der Waals surface area (Å²) in [4.78, 5) is 26.2. The summed E-state index contributed by atoms with van der Waals surface area (Å²) in [6.07, 6.45) is 0.741. The van der Waals surface area contributed by atoms with E-state index in [-0.39, 0.29) is 11.8 Å². The fraction of sp³-hybridized carbons (Fsp3) is 0.538. The summed E-state index contributed by atoms with van der Waals surface area (Å²) in [7, 11) is 0. The molecule has 5 nitrogen and oxygen atoms in total. The third-order valence-electron chi connectivity index (χ3n) is 3.09. The molecule has 19 heavy (non-hydrogen) atoms. The van der Waals surface area contributed by atoms with Gasteiger partial charge in [-0.25, -0.2) is 4.79 Å². The van der Waals surface area contributed by atoms with Gasteiger partial charge in [-0.15, -0.1) is 11.3 Å². The molecule has 0 amide bonds. The highest BCUT2D eigenvalue weighted by Crippen LogP contribution is 2.35. The topological polar surface area (TPSA) is 72.6 Å². The van der Waals surface area contributed by atoms with Gasteiger partial charge in [-0.3, -0.25) is 9.69 Å².